The topological polar surface area (TPSA) is 105 Å². The van der Waals surface area contributed by atoms with E-state index in [0.29, 0.717) is 5.56 Å². The number of anilines is 1. The Balaban J connectivity index is 2.09. The van der Waals surface area contributed by atoms with E-state index in [1.165, 1.54) is 12.1 Å². The largest absolute Gasteiger partial charge is 0.480 e. The van der Waals surface area contributed by atoms with Crippen LogP contribution in [0.4, 0.5) is 10.1 Å². The lowest BCUT2D eigenvalue weighted by Crippen LogP contribution is -2.45. The lowest BCUT2D eigenvalue weighted by Gasteiger charge is -2.26. The molecule has 1 aromatic carbocycles. The molecular formula is C18H23FN2O5. The Labute approximate surface area is 150 Å². The van der Waals surface area contributed by atoms with Gasteiger partial charge in [-0.15, -0.1) is 0 Å². The summed E-state index contributed by atoms with van der Waals surface area (Å²) in [4.78, 5) is 35.8. The number of carboxylic acids is 1. The van der Waals surface area contributed by atoms with E-state index in [2.05, 4.69) is 10.6 Å². The van der Waals surface area contributed by atoms with Crippen LogP contribution in [0.1, 0.15) is 45.1 Å². The van der Waals surface area contributed by atoms with Crippen molar-refractivity contribution in [2.45, 2.75) is 51.2 Å². The van der Waals surface area contributed by atoms with Crippen LogP contribution < -0.4 is 10.6 Å². The molecule has 0 bridgehead atoms. The molecule has 26 heavy (non-hydrogen) atoms. The van der Waals surface area contributed by atoms with Gasteiger partial charge < -0.3 is 20.5 Å². The van der Waals surface area contributed by atoms with Crippen LogP contribution in [-0.2, 0) is 19.1 Å². The number of carbonyl (C=O) groups is 3. The Morgan fingerprint density at radius 1 is 1.42 bits per heavy atom. The first kappa shape index (κ1) is 19.8. The van der Waals surface area contributed by atoms with Crippen LogP contribution in [0.2, 0.25) is 0 Å². The van der Waals surface area contributed by atoms with Crippen molar-refractivity contribution >= 4 is 23.5 Å². The van der Waals surface area contributed by atoms with Crippen LogP contribution in [-0.4, -0.2) is 41.1 Å². The van der Waals surface area contributed by atoms with Crippen molar-refractivity contribution in [1.29, 1.82) is 0 Å². The van der Waals surface area contributed by atoms with E-state index in [1.807, 2.05) is 20.8 Å². The van der Waals surface area contributed by atoms with Crippen LogP contribution in [0.25, 0.3) is 0 Å². The lowest BCUT2D eigenvalue weighted by molar-refractivity contribution is -0.143. The number of hydrogen-bond donors (Lipinski definition) is 3. The van der Waals surface area contributed by atoms with Gasteiger partial charge in [0.2, 0.25) is 11.8 Å². The minimum Gasteiger partial charge on any atom is -0.480 e. The zero-order valence-electron chi connectivity index (χ0n) is 15.0. The summed E-state index contributed by atoms with van der Waals surface area (Å²) in [5, 5.41) is 14.3. The first-order valence-corrected chi connectivity index (χ1v) is 8.33. The third-order valence-corrected chi connectivity index (χ3v) is 3.93. The van der Waals surface area contributed by atoms with Gasteiger partial charge in [-0.2, -0.15) is 0 Å². The summed E-state index contributed by atoms with van der Waals surface area (Å²) in [5.74, 6) is -3.60. The number of nitrogens with one attached hydrogen (secondary N) is 2. The number of fused-ring (bicyclic) bond motifs is 1. The summed E-state index contributed by atoms with van der Waals surface area (Å²) in [6, 6.07) is 2.62. The summed E-state index contributed by atoms with van der Waals surface area (Å²) in [5.41, 5.74) is 0.264. The number of ether oxygens (including phenoxy) is 1. The second-order valence-corrected chi connectivity index (χ2v) is 7.19. The number of aliphatic carboxylic acids is 1. The van der Waals surface area contributed by atoms with E-state index >= 15 is 0 Å². The van der Waals surface area contributed by atoms with E-state index in [0.717, 1.165) is 6.07 Å². The van der Waals surface area contributed by atoms with Gasteiger partial charge in [-0.25, -0.2) is 9.18 Å². The number of amides is 2. The molecule has 7 nitrogen and oxygen atoms in total. The summed E-state index contributed by atoms with van der Waals surface area (Å²) in [7, 11) is 0. The minimum atomic E-state index is -1.18. The molecule has 2 unspecified atom stereocenters. The average Bonchev–Trinajstić information content (AvgIpc) is 2.51. The molecule has 3 N–H and O–H groups in total. The molecule has 2 rings (SSSR count). The fraction of sp³-hybridized carbons (Fsp3) is 0.500. The first-order chi connectivity index (χ1) is 12.1. The van der Waals surface area contributed by atoms with Crippen molar-refractivity contribution in [1.82, 2.24) is 5.32 Å². The van der Waals surface area contributed by atoms with Gasteiger partial charge in [0.15, 0.2) is 0 Å². The smallest absolute Gasteiger partial charge is 0.326 e. The monoisotopic (exact) mass is 366 g/mol. The Morgan fingerprint density at radius 3 is 2.73 bits per heavy atom. The third-order valence-electron chi connectivity index (χ3n) is 3.93. The van der Waals surface area contributed by atoms with Crippen molar-refractivity contribution in [2.24, 2.45) is 0 Å². The molecule has 0 aromatic heterocycles. The standard InChI is InChI=1S/C18H23FN2O5/c1-18(2,3)26-7-6-13(17(24)25)21-16(23)12-9-15(22)20-14-8-10(19)4-5-11(12)14/h4-5,8,12-13H,6-7,9H2,1-3H3,(H,20,22)(H,21,23)(H,24,25). The molecular weight excluding hydrogens is 343 g/mol. The maximum atomic E-state index is 13.4. The summed E-state index contributed by atoms with van der Waals surface area (Å²) in [6.45, 7) is 5.70. The molecule has 1 aliphatic rings. The van der Waals surface area contributed by atoms with Crippen LogP contribution in [0.5, 0.6) is 0 Å². The highest BCUT2D eigenvalue weighted by atomic mass is 19.1. The molecule has 0 saturated carbocycles. The fourth-order valence-corrected chi connectivity index (χ4v) is 2.68. The molecule has 0 fully saturated rings. The van der Waals surface area contributed by atoms with Crippen molar-refractivity contribution in [3.05, 3.63) is 29.6 Å². The van der Waals surface area contributed by atoms with Crippen molar-refractivity contribution in [3.63, 3.8) is 0 Å². The normalized spacial score (nSPS) is 17.8. The molecule has 0 radical (unpaired) electrons. The maximum Gasteiger partial charge on any atom is 0.326 e. The van der Waals surface area contributed by atoms with Crippen molar-refractivity contribution in [3.8, 4) is 0 Å². The summed E-state index contributed by atoms with van der Waals surface area (Å²) >= 11 is 0. The number of hydrogen-bond acceptors (Lipinski definition) is 4. The predicted molar refractivity (Wildman–Crippen MR) is 92.3 cm³/mol. The first-order valence-electron chi connectivity index (χ1n) is 8.33. The van der Waals surface area contributed by atoms with Gasteiger partial charge in [0.1, 0.15) is 11.9 Å². The molecule has 0 saturated heterocycles. The number of benzene rings is 1. The van der Waals surface area contributed by atoms with Crippen LogP contribution >= 0.6 is 0 Å². The third kappa shape index (κ3) is 5.26. The van der Waals surface area contributed by atoms with Crippen LogP contribution in [0.15, 0.2) is 18.2 Å². The van der Waals surface area contributed by atoms with E-state index in [9.17, 15) is 23.9 Å². The second kappa shape index (κ2) is 7.82. The molecule has 8 heteroatoms. The molecule has 2 amide bonds. The van der Waals surface area contributed by atoms with E-state index in [1.54, 1.807) is 0 Å². The quantitative estimate of drug-likeness (QED) is 0.714. The van der Waals surface area contributed by atoms with Gasteiger partial charge in [0.25, 0.3) is 0 Å². The highest BCUT2D eigenvalue weighted by molar-refractivity contribution is 6.01. The van der Waals surface area contributed by atoms with E-state index in [4.69, 9.17) is 4.74 Å². The Kier molecular flexibility index (Phi) is 5.97. The molecule has 2 atom stereocenters. The molecule has 1 aromatic rings. The SMILES string of the molecule is CC(C)(C)OCCC(NC(=O)C1CC(=O)Nc2cc(F)ccc21)C(=O)O. The minimum absolute atomic E-state index is 0.0908. The van der Waals surface area contributed by atoms with Crippen LogP contribution in [0.3, 0.4) is 0 Å². The number of carbonyl (C=O) groups excluding carboxylic acids is 2. The van der Waals surface area contributed by atoms with Crippen molar-refractivity contribution < 1.29 is 28.6 Å². The maximum absolute atomic E-state index is 13.4. The van der Waals surface area contributed by atoms with Gasteiger partial charge >= 0.3 is 5.97 Å². The number of carboxylic acid groups (broad SMARTS) is 1. The average molecular weight is 366 g/mol. The molecule has 142 valence electrons. The highest BCUT2D eigenvalue weighted by Gasteiger charge is 2.33. The van der Waals surface area contributed by atoms with Gasteiger partial charge in [-0.1, -0.05) is 6.07 Å². The van der Waals surface area contributed by atoms with Gasteiger partial charge in [-0.3, -0.25) is 9.59 Å². The molecule has 0 spiro atoms. The molecule has 1 heterocycles. The summed E-state index contributed by atoms with van der Waals surface area (Å²) in [6.07, 6.45) is -0.0389. The van der Waals surface area contributed by atoms with E-state index < -0.39 is 41.2 Å². The highest BCUT2D eigenvalue weighted by Crippen LogP contribution is 2.33. The molecule has 1 aliphatic heterocycles. The van der Waals surface area contributed by atoms with Crippen molar-refractivity contribution in [2.75, 3.05) is 11.9 Å². The van der Waals surface area contributed by atoms with Crippen LogP contribution in [0, 0.1) is 5.82 Å². The molecule has 0 aliphatic carbocycles. The fourth-order valence-electron chi connectivity index (χ4n) is 2.68. The number of halogens is 1. The Hall–Kier alpha value is -2.48. The van der Waals surface area contributed by atoms with E-state index in [-0.39, 0.29) is 25.1 Å². The van der Waals surface area contributed by atoms with Gasteiger partial charge in [0, 0.05) is 25.1 Å². The van der Waals surface area contributed by atoms with Gasteiger partial charge in [0.05, 0.1) is 11.5 Å². The Morgan fingerprint density at radius 2 is 2.12 bits per heavy atom. The zero-order valence-corrected chi connectivity index (χ0v) is 15.0. The summed E-state index contributed by atoms with van der Waals surface area (Å²) < 4.78 is 18.9. The number of rotatable bonds is 6. The lowest BCUT2D eigenvalue weighted by atomic mass is 9.89. The zero-order chi connectivity index (χ0) is 19.5. The second-order valence-electron chi connectivity index (χ2n) is 7.19. The predicted octanol–water partition coefficient (Wildman–Crippen LogP) is 2.03. The van der Waals surface area contributed by atoms with Gasteiger partial charge in [-0.05, 0) is 38.5 Å². The Bertz CT molecular complexity index is 714.